The van der Waals surface area contributed by atoms with Gasteiger partial charge in [0.2, 0.25) is 0 Å². The molecule has 1 aliphatic rings. The van der Waals surface area contributed by atoms with E-state index in [9.17, 15) is 8.78 Å². The summed E-state index contributed by atoms with van der Waals surface area (Å²) in [6, 6.07) is 2.19. The van der Waals surface area contributed by atoms with Crippen LogP contribution in [0.25, 0.3) is 0 Å². The summed E-state index contributed by atoms with van der Waals surface area (Å²) in [6.07, 6.45) is 2.82. The molecule has 1 fully saturated rings. The Morgan fingerprint density at radius 1 is 1.44 bits per heavy atom. The highest BCUT2D eigenvalue weighted by molar-refractivity contribution is 9.10. The van der Waals surface area contributed by atoms with E-state index in [2.05, 4.69) is 21.2 Å². The van der Waals surface area contributed by atoms with E-state index in [-0.39, 0.29) is 16.6 Å². The molecule has 1 aliphatic heterocycles. The van der Waals surface area contributed by atoms with Crippen LogP contribution in [-0.4, -0.2) is 19.8 Å². The summed E-state index contributed by atoms with van der Waals surface area (Å²) in [4.78, 5) is 0. The summed E-state index contributed by atoms with van der Waals surface area (Å²) in [5.74, 6) is -0.848. The van der Waals surface area contributed by atoms with E-state index in [1.165, 1.54) is 12.1 Å². The van der Waals surface area contributed by atoms with Gasteiger partial charge in [0.15, 0.2) is 0 Å². The van der Waals surface area contributed by atoms with Crippen LogP contribution in [0.5, 0.6) is 0 Å². The molecule has 1 heterocycles. The van der Waals surface area contributed by atoms with Gasteiger partial charge in [0.05, 0.1) is 10.6 Å². The standard InChI is InChI=1S/C13H16BrF2NO/c1-17-13(5-8-3-2-4-18-8)9-6-12(16)10(14)7-11(9)15/h6-8,13,17H,2-5H2,1H3. The summed E-state index contributed by atoms with van der Waals surface area (Å²) in [5.41, 5.74) is 0.355. The quantitative estimate of drug-likeness (QED) is 0.857. The zero-order chi connectivity index (χ0) is 13.1. The van der Waals surface area contributed by atoms with Crippen LogP contribution in [0.3, 0.4) is 0 Å². The van der Waals surface area contributed by atoms with Crippen LogP contribution < -0.4 is 5.32 Å². The second kappa shape index (κ2) is 6.08. The van der Waals surface area contributed by atoms with Gasteiger partial charge in [-0.1, -0.05) is 0 Å². The molecule has 2 nitrogen and oxygen atoms in total. The third kappa shape index (κ3) is 3.08. The number of nitrogens with one attached hydrogen (secondary N) is 1. The SMILES string of the molecule is CNC(CC1CCCO1)c1cc(F)c(Br)cc1F. The van der Waals surface area contributed by atoms with E-state index in [4.69, 9.17) is 4.74 Å². The Morgan fingerprint density at radius 2 is 2.22 bits per heavy atom. The topological polar surface area (TPSA) is 21.3 Å². The van der Waals surface area contributed by atoms with Gasteiger partial charge in [-0.25, -0.2) is 8.78 Å². The Hall–Kier alpha value is -0.520. The number of ether oxygens (including phenoxy) is 1. The summed E-state index contributed by atoms with van der Waals surface area (Å²) in [7, 11) is 1.75. The van der Waals surface area contributed by atoms with Gasteiger partial charge in [-0.15, -0.1) is 0 Å². The molecule has 0 aromatic heterocycles. The minimum Gasteiger partial charge on any atom is -0.378 e. The normalized spacial score (nSPS) is 21.2. The molecule has 0 spiro atoms. The van der Waals surface area contributed by atoms with E-state index in [1.807, 2.05) is 0 Å². The lowest BCUT2D eigenvalue weighted by Crippen LogP contribution is -2.23. The number of rotatable bonds is 4. The summed E-state index contributed by atoms with van der Waals surface area (Å²) >= 11 is 2.98. The van der Waals surface area contributed by atoms with Crippen molar-refractivity contribution >= 4 is 15.9 Å². The van der Waals surface area contributed by atoms with Crippen LogP contribution >= 0.6 is 15.9 Å². The molecule has 2 rings (SSSR count). The molecule has 18 heavy (non-hydrogen) atoms. The maximum Gasteiger partial charge on any atom is 0.137 e. The number of benzene rings is 1. The molecule has 0 bridgehead atoms. The average molecular weight is 320 g/mol. The van der Waals surface area contributed by atoms with Crippen molar-refractivity contribution in [3.63, 3.8) is 0 Å². The lowest BCUT2D eigenvalue weighted by Gasteiger charge is -2.21. The molecule has 2 atom stereocenters. The van der Waals surface area contributed by atoms with Gasteiger partial charge in [0.25, 0.3) is 0 Å². The molecule has 0 saturated carbocycles. The van der Waals surface area contributed by atoms with E-state index in [1.54, 1.807) is 7.05 Å². The Morgan fingerprint density at radius 3 is 2.83 bits per heavy atom. The monoisotopic (exact) mass is 319 g/mol. The zero-order valence-corrected chi connectivity index (χ0v) is 11.8. The molecule has 1 N–H and O–H groups in total. The van der Waals surface area contributed by atoms with Gasteiger partial charge in [-0.05, 0) is 54.4 Å². The second-order valence-electron chi connectivity index (χ2n) is 4.50. The predicted octanol–water partition coefficient (Wildman–Crippen LogP) is 3.56. The largest absolute Gasteiger partial charge is 0.378 e. The van der Waals surface area contributed by atoms with Gasteiger partial charge in [0.1, 0.15) is 11.6 Å². The van der Waals surface area contributed by atoms with Gasteiger partial charge in [0, 0.05) is 18.2 Å². The minimum absolute atomic E-state index is 0.133. The van der Waals surface area contributed by atoms with Crippen LogP contribution in [0.2, 0.25) is 0 Å². The Kier molecular flexibility index (Phi) is 4.70. The van der Waals surface area contributed by atoms with Gasteiger partial charge >= 0.3 is 0 Å². The fraction of sp³-hybridized carbons (Fsp3) is 0.538. The smallest absolute Gasteiger partial charge is 0.137 e. The van der Waals surface area contributed by atoms with Crippen LogP contribution in [0.1, 0.15) is 30.9 Å². The molecule has 100 valence electrons. The molecular weight excluding hydrogens is 304 g/mol. The van der Waals surface area contributed by atoms with E-state index in [0.717, 1.165) is 19.4 Å². The Balaban J connectivity index is 2.18. The van der Waals surface area contributed by atoms with Crippen LogP contribution in [0, 0.1) is 11.6 Å². The van der Waals surface area contributed by atoms with Gasteiger partial charge < -0.3 is 10.1 Å². The minimum atomic E-state index is -0.445. The fourth-order valence-electron chi connectivity index (χ4n) is 2.30. The molecule has 0 aliphatic carbocycles. The van der Waals surface area contributed by atoms with E-state index in [0.29, 0.717) is 12.0 Å². The van der Waals surface area contributed by atoms with Crippen molar-refractivity contribution < 1.29 is 13.5 Å². The highest BCUT2D eigenvalue weighted by atomic mass is 79.9. The molecule has 1 saturated heterocycles. The first kappa shape index (κ1) is 13.9. The molecule has 1 aromatic rings. The second-order valence-corrected chi connectivity index (χ2v) is 5.35. The van der Waals surface area contributed by atoms with Crippen molar-refractivity contribution in [2.45, 2.75) is 31.4 Å². The highest BCUT2D eigenvalue weighted by Gasteiger charge is 2.23. The first-order chi connectivity index (χ1) is 8.61. The molecule has 0 radical (unpaired) electrons. The van der Waals surface area contributed by atoms with Gasteiger partial charge in [-0.3, -0.25) is 0 Å². The Labute approximate surface area is 114 Å². The third-order valence-corrected chi connectivity index (χ3v) is 3.89. The zero-order valence-electron chi connectivity index (χ0n) is 10.2. The van der Waals surface area contributed by atoms with Crippen molar-refractivity contribution in [1.29, 1.82) is 0 Å². The first-order valence-electron chi connectivity index (χ1n) is 6.05. The number of hydrogen-bond acceptors (Lipinski definition) is 2. The number of halogens is 3. The predicted molar refractivity (Wildman–Crippen MR) is 69.4 cm³/mol. The van der Waals surface area contributed by atoms with Crippen molar-refractivity contribution in [2.24, 2.45) is 0 Å². The van der Waals surface area contributed by atoms with Crippen molar-refractivity contribution in [3.05, 3.63) is 33.8 Å². The lowest BCUT2D eigenvalue weighted by molar-refractivity contribution is 0.0950. The molecule has 0 amide bonds. The maximum absolute atomic E-state index is 13.9. The molecular formula is C13H16BrF2NO. The third-order valence-electron chi connectivity index (χ3n) is 3.29. The summed E-state index contributed by atoms with van der Waals surface area (Å²) < 4.78 is 33.0. The van der Waals surface area contributed by atoms with Crippen molar-refractivity contribution in [2.75, 3.05) is 13.7 Å². The number of hydrogen-bond donors (Lipinski definition) is 1. The fourth-order valence-corrected chi connectivity index (χ4v) is 2.61. The summed E-state index contributed by atoms with van der Waals surface area (Å²) in [5, 5.41) is 3.03. The van der Waals surface area contributed by atoms with E-state index >= 15 is 0 Å². The molecule has 1 aromatic carbocycles. The Bertz CT molecular complexity index is 422. The maximum atomic E-state index is 13.9. The van der Waals surface area contributed by atoms with Crippen LogP contribution in [-0.2, 0) is 4.74 Å². The van der Waals surface area contributed by atoms with Crippen molar-refractivity contribution in [3.8, 4) is 0 Å². The van der Waals surface area contributed by atoms with Crippen molar-refractivity contribution in [1.82, 2.24) is 5.32 Å². The highest BCUT2D eigenvalue weighted by Crippen LogP contribution is 2.29. The molecule has 5 heteroatoms. The summed E-state index contributed by atoms with van der Waals surface area (Å²) in [6.45, 7) is 0.762. The van der Waals surface area contributed by atoms with Gasteiger partial charge in [-0.2, -0.15) is 0 Å². The van der Waals surface area contributed by atoms with E-state index < -0.39 is 11.6 Å². The lowest BCUT2D eigenvalue weighted by atomic mass is 9.99. The molecule has 2 unspecified atom stereocenters. The van der Waals surface area contributed by atoms with Crippen LogP contribution in [0.4, 0.5) is 8.78 Å². The van der Waals surface area contributed by atoms with Crippen LogP contribution in [0.15, 0.2) is 16.6 Å². The average Bonchev–Trinajstić information content (AvgIpc) is 2.84. The first-order valence-corrected chi connectivity index (χ1v) is 6.84.